The second-order valence-electron chi connectivity index (χ2n) is 8.34. The molecule has 2 aromatic carbocycles. The SMILES string of the molecule is CCOC(=O)CS(=O)(=O)N(CC=Cc1cccc(C(=N)N)c1)c1cc(F)c(OC2CCNCC2)c(F)c1. The smallest absolute Gasteiger partial charge is 0.323 e. The summed E-state index contributed by atoms with van der Waals surface area (Å²) in [4.78, 5) is 11.9. The van der Waals surface area contributed by atoms with E-state index in [0.717, 1.165) is 16.4 Å². The van der Waals surface area contributed by atoms with Crippen molar-refractivity contribution in [3.63, 3.8) is 0 Å². The summed E-state index contributed by atoms with van der Waals surface area (Å²) < 4.78 is 67.1. The van der Waals surface area contributed by atoms with Crippen LogP contribution in [0, 0.1) is 17.0 Å². The fourth-order valence-corrected chi connectivity index (χ4v) is 5.06. The second-order valence-corrected chi connectivity index (χ2v) is 10.2. The molecule has 1 fully saturated rings. The highest BCUT2D eigenvalue weighted by Crippen LogP contribution is 2.31. The van der Waals surface area contributed by atoms with Crippen LogP contribution in [0.5, 0.6) is 5.75 Å². The standard InChI is InChI=1S/C25H30F2N4O5S/c1-2-35-23(32)16-37(33,34)31(12-4-6-17-5-3-7-18(13-17)25(28)29)19-14-21(26)24(22(27)15-19)36-20-8-10-30-11-9-20/h3-7,13-15,20,30H,2,8-12,16H2,1H3,(H3,28,29). The molecule has 1 aliphatic heterocycles. The number of hydrogen-bond donors (Lipinski definition) is 3. The number of ether oxygens (including phenoxy) is 2. The van der Waals surface area contributed by atoms with Crippen LogP contribution in [0.4, 0.5) is 14.5 Å². The van der Waals surface area contributed by atoms with Gasteiger partial charge in [-0.25, -0.2) is 17.2 Å². The van der Waals surface area contributed by atoms with Crippen LogP contribution in [0.2, 0.25) is 0 Å². The lowest BCUT2D eigenvalue weighted by atomic mass is 10.1. The Bertz CT molecular complexity index is 1240. The average Bonchev–Trinajstić information content (AvgIpc) is 2.84. The quantitative estimate of drug-likeness (QED) is 0.228. The number of sulfonamides is 1. The Morgan fingerprint density at radius 2 is 1.89 bits per heavy atom. The zero-order valence-electron chi connectivity index (χ0n) is 20.4. The Hall–Kier alpha value is -3.51. The molecule has 0 unspecified atom stereocenters. The number of anilines is 1. The van der Waals surface area contributed by atoms with Gasteiger partial charge >= 0.3 is 5.97 Å². The van der Waals surface area contributed by atoms with Gasteiger partial charge in [-0.2, -0.15) is 0 Å². The van der Waals surface area contributed by atoms with Crippen LogP contribution in [0.15, 0.2) is 42.5 Å². The van der Waals surface area contributed by atoms with E-state index < -0.39 is 39.1 Å². The first kappa shape index (κ1) is 28.1. The van der Waals surface area contributed by atoms with E-state index in [1.54, 1.807) is 30.3 Å². The molecule has 0 spiro atoms. The van der Waals surface area contributed by atoms with E-state index in [0.29, 0.717) is 37.1 Å². The first-order valence-electron chi connectivity index (χ1n) is 11.7. The van der Waals surface area contributed by atoms with Gasteiger partial charge in [-0.1, -0.05) is 30.4 Å². The predicted molar refractivity (Wildman–Crippen MR) is 137 cm³/mol. The first-order chi connectivity index (χ1) is 17.6. The summed E-state index contributed by atoms with van der Waals surface area (Å²) in [5.74, 6) is -4.81. The third-order valence-corrected chi connectivity index (χ3v) is 7.19. The molecule has 4 N–H and O–H groups in total. The summed E-state index contributed by atoms with van der Waals surface area (Å²) in [6, 6.07) is 8.40. The lowest BCUT2D eigenvalue weighted by Gasteiger charge is -2.26. The minimum absolute atomic E-state index is 0.0211. The van der Waals surface area contributed by atoms with Crippen molar-refractivity contribution in [1.29, 1.82) is 5.41 Å². The van der Waals surface area contributed by atoms with Gasteiger partial charge in [-0.15, -0.1) is 0 Å². The van der Waals surface area contributed by atoms with Crippen LogP contribution < -0.4 is 20.1 Å². The topological polar surface area (TPSA) is 135 Å². The van der Waals surface area contributed by atoms with Crippen molar-refractivity contribution in [2.75, 3.05) is 36.3 Å². The van der Waals surface area contributed by atoms with E-state index in [4.69, 9.17) is 20.6 Å². The Morgan fingerprint density at radius 1 is 1.22 bits per heavy atom. The number of hydrogen-bond acceptors (Lipinski definition) is 7. The van der Waals surface area contributed by atoms with Gasteiger partial charge in [0.15, 0.2) is 23.1 Å². The third-order valence-electron chi connectivity index (χ3n) is 5.56. The van der Waals surface area contributed by atoms with Gasteiger partial charge in [-0.3, -0.25) is 14.5 Å². The maximum atomic E-state index is 15.0. The van der Waals surface area contributed by atoms with Crippen molar-refractivity contribution in [2.24, 2.45) is 5.73 Å². The molecular formula is C25H30F2N4O5S. The van der Waals surface area contributed by atoms with Crippen molar-refractivity contribution in [3.8, 4) is 5.75 Å². The number of nitrogen functional groups attached to an aromatic ring is 1. The number of halogens is 2. The summed E-state index contributed by atoms with van der Waals surface area (Å²) in [6.07, 6.45) is 3.82. The highest BCUT2D eigenvalue weighted by molar-refractivity contribution is 7.93. The van der Waals surface area contributed by atoms with Crippen LogP contribution in [-0.4, -0.2) is 58.3 Å². The maximum Gasteiger partial charge on any atom is 0.323 e. The summed E-state index contributed by atoms with van der Waals surface area (Å²) in [7, 11) is -4.38. The number of nitrogens with two attached hydrogens (primary N) is 1. The molecule has 200 valence electrons. The monoisotopic (exact) mass is 536 g/mol. The molecule has 1 saturated heterocycles. The van der Waals surface area contributed by atoms with E-state index in [2.05, 4.69) is 5.32 Å². The number of carbonyl (C=O) groups excluding carboxylic acids is 1. The Labute approximate surface area is 214 Å². The second kappa shape index (κ2) is 12.6. The Kier molecular flexibility index (Phi) is 9.59. The lowest BCUT2D eigenvalue weighted by molar-refractivity contribution is -0.139. The number of benzene rings is 2. The van der Waals surface area contributed by atoms with Gasteiger partial charge in [0.25, 0.3) is 0 Å². The first-order valence-corrected chi connectivity index (χ1v) is 13.3. The number of esters is 1. The molecule has 37 heavy (non-hydrogen) atoms. The molecule has 0 aliphatic carbocycles. The van der Waals surface area contributed by atoms with Crippen molar-refractivity contribution >= 4 is 33.6 Å². The maximum absolute atomic E-state index is 15.0. The van der Waals surface area contributed by atoms with Crippen LogP contribution in [0.1, 0.15) is 30.9 Å². The van der Waals surface area contributed by atoms with Crippen LogP contribution >= 0.6 is 0 Å². The van der Waals surface area contributed by atoms with Gasteiger partial charge in [-0.05, 0) is 44.5 Å². The average molecular weight is 537 g/mol. The molecule has 0 atom stereocenters. The van der Waals surface area contributed by atoms with Gasteiger partial charge in [0, 0.05) is 17.7 Å². The van der Waals surface area contributed by atoms with Crippen molar-refractivity contribution < 1.29 is 31.5 Å². The van der Waals surface area contributed by atoms with E-state index in [9.17, 15) is 22.0 Å². The van der Waals surface area contributed by atoms with E-state index in [1.807, 2.05) is 0 Å². The molecule has 1 aliphatic rings. The van der Waals surface area contributed by atoms with E-state index in [-0.39, 0.29) is 30.8 Å². The largest absolute Gasteiger partial charge is 0.484 e. The summed E-state index contributed by atoms with van der Waals surface area (Å²) in [5.41, 5.74) is 6.30. The molecule has 12 heteroatoms. The summed E-state index contributed by atoms with van der Waals surface area (Å²) in [6.45, 7) is 2.50. The van der Waals surface area contributed by atoms with Crippen molar-refractivity contribution in [3.05, 3.63) is 65.2 Å². The van der Waals surface area contributed by atoms with Crippen molar-refractivity contribution in [1.82, 2.24) is 5.32 Å². The Balaban J connectivity index is 1.91. The molecule has 0 bridgehead atoms. The van der Waals surface area contributed by atoms with Gasteiger partial charge in [0.1, 0.15) is 11.9 Å². The normalized spacial score (nSPS) is 14.5. The highest BCUT2D eigenvalue weighted by Gasteiger charge is 2.28. The van der Waals surface area contributed by atoms with Crippen LogP contribution in [-0.2, 0) is 19.6 Å². The molecule has 0 amide bonds. The summed E-state index contributed by atoms with van der Waals surface area (Å²) >= 11 is 0. The minimum Gasteiger partial charge on any atom is -0.484 e. The fourth-order valence-electron chi connectivity index (χ4n) is 3.79. The molecular weight excluding hydrogens is 506 g/mol. The molecule has 0 aromatic heterocycles. The van der Waals surface area contributed by atoms with Gasteiger partial charge in [0.2, 0.25) is 10.0 Å². The zero-order chi connectivity index (χ0) is 27.0. The number of amidine groups is 1. The van der Waals surface area contributed by atoms with Crippen LogP contribution in [0.25, 0.3) is 6.08 Å². The number of nitrogens with one attached hydrogen (secondary N) is 2. The minimum atomic E-state index is -4.38. The van der Waals surface area contributed by atoms with Gasteiger partial charge < -0.3 is 20.5 Å². The molecule has 2 aromatic rings. The lowest BCUT2D eigenvalue weighted by Crippen LogP contribution is -2.36. The molecule has 0 saturated carbocycles. The third kappa shape index (κ3) is 7.73. The predicted octanol–water partition coefficient (Wildman–Crippen LogP) is 2.79. The molecule has 3 rings (SSSR count). The molecule has 0 radical (unpaired) electrons. The van der Waals surface area contributed by atoms with Gasteiger partial charge in [0.05, 0.1) is 18.8 Å². The Morgan fingerprint density at radius 3 is 2.51 bits per heavy atom. The highest BCUT2D eigenvalue weighted by atomic mass is 32.2. The van der Waals surface area contributed by atoms with E-state index in [1.165, 1.54) is 13.0 Å². The fraction of sp³-hybridized carbons (Fsp3) is 0.360. The molecule has 1 heterocycles. The summed E-state index contributed by atoms with van der Waals surface area (Å²) in [5, 5.41) is 10.7. The number of nitrogens with zero attached hydrogens (tertiary/aromatic N) is 1. The van der Waals surface area contributed by atoms with E-state index >= 15 is 0 Å². The molecule has 9 nitrogen and oxygen atoms in total. The number of carbonyl (C=O) groups is 1. The number of rotatable bonds is 11. The van der Waals surface area contributed by atoms with Crippen molar-refractivity contribution in [2.45, 2.75) is 25.9 Å². The van der Waals surface area contributed by atoms with Crippen LogP contribution in [0.3, 0.4) is 0 Å². The number of piperidine rings is 1. The zero-order valence-corrected chi connectivity index (χ0v) is 21.2.